The molecule has 1 saturated heterocycles. The fraction of sp³-hybridized carbons (Fsp3) is 0.733. The lowest BCUT2D eigenvalue weighted by molar-refractivity contribution is -0.131. The van der Waals surface area contributed by atoms with Crippen LogP contribution in [-0.4, -0.2) is 71.3 Å². The van der Waals surface area contributed by atoms with Crippen molar-refractivity contribution in [2.75, 3.05) is 25.5 Å². The van der Waals surface area contributed by atoms with Gasteiger partial charge in [0.15, 0.2) is 0 Å². The van der Waals surface area contributed by atoms with Gasteiger partial charge >= 0.3 is 6.03 Å². The zero-order valence-electron chi connectivity index (χ0n) is 15.1. The highest BCUT2D eigenvalue weighted by Gasteiger charge is 2.38. The second-order valence-electron chi connectivity index (χ2n) is 6.06. The maximum atomic E-state index is 12.6. The van der Waals surface area contributed by atoms with E-state index in [9.17, 15) is 24.1 Å². The highest BCUT2D eigenvalue weighted by Crippen LogP contribution is 2.20. The van der Waals surface area contributed by atoms with Crippen molar-refractivity contribution in [1.82, 2.24) is 20.5 Å². The van der Waals surface area contributed by atoms with Crippen molar-refractivity contribution in [1.29, 1.82) is 0 Å². The Morgan fingerprint density at radius 2 is 2.07 bits per heavy atom. The highest BCUT2D eigenvalue weighted by atomic mass is 35.5. The van der Waals surface area contributed by atoms with Crippen LogP contribution in [0.15, 0.2) is 5.29 Å². The number of likely N-dealkylation sites (tertiary alicyclic amines) is 1. The number of nitrogens with two attached hydrogens (primary N) is 1. The first-order chi connectivity index (χ1) is 12.8. The summed E-state index contributed by atoms with van der Waals surface area (Å²) < 4.78 is 0. The molecule has 0 spiro atoms. The summed E-state index contributed by atoms with van der Waals surface area (Å²) >= 11 is 5.55. The molecule has 0 aliphatic carbocycles. The van der Waals surface area contributed by atoms with Crippen molar-refractivity contribution in [3.05, 3.63) is 4.91 Å². The van der Waals surface area contributed by atoms with Crippen molar-refractivity contribution < 1.29 is 19.2 Å². The van der Waals surface area contributed by atoms with E-state index in [2.05, 4.69) is 15.9 Å². The van der Waals surface area contributed by atoms with Crippen LogP contribution in [0.3, 0.4) is 0 Å². The molecule has 0 aromatic rings. The third-order valence-corrected chi connectivity index (χ3v) is 4.23. The van der Waals surface area contributed by atoms with E-state index in [4.69, 9.17) is 17.3 Å². The van der Waals surface area contributed by atoms with Gasteiger partial charge in [-0.25, -0.2) is 4.79 Å². The summed E-state index contributed by atoms with van der Waals surface area (Å²) in [4.78, 5) is 60.0. The molecular formula is C15H25ClN6O5. The van der Waals surface area contributed by atoms with Crippen molar-refractivity contribution in [3.63, 3.8) is 0 Å². The molecule has 27 heavy (non-hydrogen) atoms. The molecule has 0 aromatic heterocycles. The van der Waals surface area contributed by atoms with E-state index in [1.165, 1.54) is 4.90 Å². The van der Waals surface area contributed by atoms with Crippen LogP contribution in [-0.2, 0) is 14.4 Å². The summed E-state index contributed by atoms with van der Waals surface area (Å²) in [6.45, 7) is 1.73. The SMILES string of the molecule is CCC[C@H](NC(=O)[C@@H]1CCCN1C(=O)N(CCCl)N=O)C(=O)NCC(N)=O. The first-order valence-electron chi connectivity index (χ1n) is 8.69. The van der Waals surface area contributed by atoms with Gasteiger partial charge in [0.25, 0.3) is 0 Å². The molecule has 0 bridgehead atoms. The topological polar surface area (TPSA) is 154 Å². The number of rotatable bonds is 10. The lowest BCUT2D eigenvalue weighted by Crippen LogP contribution is -2.55. The standard InChI is InChI=1S/C15H25ClN6O5/c1-2-4-10(13(24)18-9-12(17)23)19-14(25)11-5-3-7-21(11)15(26)22(20-27)8-6-16/h10-11H,2-9H2,1H3,(H2,17,23)(H,18,24)(H,19,25)/t10-,11-/m0/s1. The van der Waals surface area contributed by atoms with Crippen molar-refractivity contribution >= 4 is 35.4 Å². The monoisotopic (exact) mass is 404 g/mol. The smallest absolute Gasteiger partial charge is 0.343 e. The van der Waals surface area contributed by atoms with E-state index in [0.29, 0.717) is 30.7 Å². The second-order valence-corrected chi connectivity index (χ2v) is 6.44. The van der Waals surface area contributed by atoms with Crippen molar-refractivity contribution in [2.24, 2.45) is 11.0 Å². The molecule has 11 nitrogen and oxygen atoms in total. The number of primary amides is 1. The molecule has 152 valence electrons. The van der Waals surface area contributed by atoms with E-state index >= 15 is 0 Å². The van der Waals surface area contributed by atoms with Crippen LogP contribution in [0.1, 0.15) is 32.6 Å². The number of carbonyl (C=O) groups excluding carboxylic acids is 4. The zero-order chi connectivity index (χ0) is 20.4. The Morgan fingerprint density at radius 1 is 1.37 bits per heavy atom. The molecule has 1 heterocycles. The second kappa shape index (κ2) is 11.3. The molecule has 1 aliphatic heterocycles. The molecule has 0 radical (unpaired) electrons. The van der Waals surface area contributed by atoms with Crippen molar-refractivity contribution in [2.45, 2.75) is 44.7 Å². The van der Waals surface area contributed by atoms with Crippen LogP contribution in [0, 0.1) is 4.91 Å². The van der Waals surface area contributed by atoms with Crippen LogP contribution in [0.5, 0.6) is 0 Å². The largest absolute Gasteiger partial charge is 0.368 e. The van der Waals surface area contributed by atoms with E-state index in [1.54, 1.807) is 0 Å². The van der Waals surface area contributed by atoms with E-state index in [1.807, 2.05) is 6.92 Å². The normalized spacial score (nSPS) is 17.1. The lowest BCUT2D eigenvalue weighted by atomic mass is 10.1. The summed E-state index contributed by atoms with van der Waals surface area (Å²) in [6.07, 6.45) is 1.93. The Bertz CT molecular complexity index is 575. The molecule has 2 atom stereocenters. The molecule has 0 saturated carbocycles. The molecule has 1 rings (SSSR count). The Morgan fingerprint density at radius 3 is 2.63 bits per heavy atom. The average molecular weight is 405 g/mol. The third-order valence-electron chi connectivity index (χ3n) is 4.06. The van der Waals surface area contributed by atoms with Gasteiger partial charge in [0, 0.05) is 12.4 Å². The fourth-order valence-corrected chi connectivity index (χ4v) is 2.95. The third kappa shape index (κ3) is 6.66. The minimum atomic E-state index is -0.859. The number of alkyl halides is 1. The summed E-state index contributed by atoms with van der Waals surface area (Å²) in [6, 6.07) is -2.38. The van der Waals surface area contributed by atoms with Crippen molar-refractivity contribution in [3.8, 4) is 0 Å². The number of nitroso groups, excluding NO2 is 1. The predicted octanol–water partition coefficient (Wildman–Crippen LogP) is -0.321. The molecule has 1 fully saturated rings. The minimum absolute atomic E-state index is 0.0286. The van der Waals surface area contributed by atoms with Gasteiger partial charge in [-0.3, -0.25) is 14.4 Å². The first kappa shape index (κ1) is 22.6. The Hall–Kier alpha value is -2.43. The fourth-order valence-electron chi connectivity index (χ4n) is 2.79. The molecule has 1 aliphatic rings. The van der Waals surface area contributed by atoms with Gasteiger partial charge in [-0.15, -0.1) is 16.5 Å². The molecule has 4 N–H and O–H groups in total. The lowest BCUT2D eigenvalue weighted by Gasteiger charge is -2.28. The van der Waals surface area contributed by atoms with Gasteiger partial charge < -0.3 is 21.3 Å². The van der Waals surface area contributed by atoms with E-state index in [0.717, 1.165) is 0 Å². The summed E-state index contributed by atoms with van der Waals surface area (Å²) in [7, 11) is 0. The summed E-state index contributed by atoms with van der Waals surface area (Å²) in [5.41, 5.74) is 5.00. The number of urea groups is 1. The van der Waals surface area contributed by atoms with E-state index in [-0.39, 0.29) is 25.5 Å². The summed E-state index contributed by atoms with van der Waals surface area (Å²) in [5, 5.41) is 8.27. The minimum Gasteiger partial charge on any atom is -0.368 e. The average Bonchev–Trinajstić information content (AvgIpc) is 3.13. The van der Waals surface area contributed by atoms with Crippen LogP contribution in [0.4, 0.5) is 4.79 Å². The quantitative estimate of drug-likeness (QED) is 0.258. The maximum absolute atomic E-state index is 12.6. The maximum Gasteiger partial charge on any atom is 0.343 e. The first-order valence-corrected chi connectivity index (χ1v) is 9.22. The highest BCUT2D eigenvalue weighted by molar-refractivity contribution is 6.18. The zero-order valence-corrected chi connectivity index (χ0v) is 15.9. The number of nitrogens with zero attached hydrogens (tertiary/aromatic N) is 3. The Kier molecular flexibility index (Phi) is 9.48. The van der Waals surface area contributed by atoms with Gasteiger partial charge in [-0.2, -0.15) is 5.01 Å². The van der Waals surface area contributed by atoms with Crippen LogP contribution >= 0.6 is 11.6 Å². The van der Waals surface area contributed by atoms with Gasteiger partial charge in [0.1, 0.15) is 12.1 Å². The van der Waals surface area contributed by atoms with Crippen LogP contribution in [0.25, 0.3) is 0 Å². The number of carbonyl (C=O) groups is 4. The number of amides is 5. The summed E-state index contributed by atoms with van der Waals surface area (Å²) in [5.74, 6) is -1.71. The number of nitrogens with one attached hydrogen (secondary N) is 2. The molecule has 0 aromatic carbocycles. The molecule has 0 unspecified atom stereocenters. The Labute approximate surface area is 161 Å². The Balaban J connectivity index is 2.78. The number of halogens is 1. The molecule has 5 amide bonds. The number of hydrogen-bond donors (Lipinski definition) is 3. The van der Waals surface area contributed by atoms with Gasteiger partial charge in [-0.05, 0) is 19.3 Å². The van der Waals surface area contributed by atoms with Crippen LogP contribution in [0.2, 0.25) is 0 Å². The van der Waals surface area contributed by atoms with Gasteiger partial charge in [-0.1, -0.05) is 13.3 Å². The van der Waals surface area contributed by atoms with Crippen LogP contribution < -0.4 is 16.4 Å². The van der Waals surface area contributed by atoms with Gasteiger partial charge in [0.2, 0.25) is 17.7 Å². The number of hydrogen-bond acceptors (Lipinski definition) is 6. The van der Waals surface area contributed by atoms with E-state index < -0.39 is 35.8 Å². The molecule has 12 heteroatoms. The van der Waals surface area contributed by atoms with Gasteiger partial charge in [0.05, 0.1) is 18.4 Å². The predicted molar refractivity (Wildman–Crippen MR) is 97.4 cm³/mol. The molecular weight excluding hydrogens is 380 g/mol.